The molecule has 0 aliphatic heterocycles. The first kappa shape index (κ1) is 44.0. The number of esters is 2. The fraction of sp³-hybridized carbons (Fsp3) is 0.825. The van der Waals surface area contributed by atoms with Crippen LogP contribution in [0.1, 0.15) is 188 Å². The van der Waals surface area contributed by atoms with Gasteiger partial charge in [-0.1, -0.05) is 155 Å². The van der Waals surface area contributed by atoms with Gasteiger partial charge in [-0.25, -0.2) is 0 Å². The van der Waals surface area contributed by atoms with E-state index in [4.69, 9.17) is 9.47 Å². The fourth-order valence-electron chi connectivity index (χ4n) is 5.37. The van der Waals surface area contributed by atoms with Gasteiger partial charge in [0, 0.05) is 19.3 Å². The molecule has 0 saturated heterocycles. The van der Waals surface area contributed by atoms with Crippen molar-refractivity contribution in [3.8, 4) is 0 Å². The van der Waals surface area contributed by atoms with Crippen LogP contribution in [0.2, 0.25) is 0 Å². The molecule has 1 atom stereocenters. The van der Waals surface area contributed by atoms with Gasteiger partial charge in [0.05, 0.1) is 0 Å². The summed E-state index contributed by atoms with van der Waals surface area (Å²) in [6.45, 7) is 6.47. The zero-order valence-corrected chi connectivity index (χ0v) is 30.3. The minimum absolute atomic E-state index is 0.135. The van der Waals surface area contributed by atoms with Crippen LogP contribution in [0, 0.1) is 5.92 Å². The number of unbranched alkanes of at least 4 members (excludes halogenated alkanes) is 19. The molecule has 0 bridgehead atoms. The lowest BCUT2D eigenvalue weighted by Crippen LogP contribution is -2.25. The molecular formula is C40H72O6. The van der Waals surface area contributed by atoms with Crippen LogP contribution in [0.25, 0.3) is 0 Å². The van der Waals surface area contributed by atoms with E-state index in [0.717, 1.165) is 83.0 Å². The molecule has 1 N–H and O–H groups in total. The van der Waals surface area contributed by atoms with Crippen molar-refractivity contribution in [2.75, 3.05) is 13.2 Å². The Morgan fingerprint density at radius 1 is 0.565 bits per heavy atom. The van der Waals surface area contributed by atoms with Crippen LogP contribution in [-0.4, -0.2) is 42.1 Å². The van der Waals surface area contributed by atoms with E-state index < -0.39 is 6.10 Å². The fourth-order valence-corrected chi connectivity index (χ4v) is 5.37. The second-order valence-electron chi connectivity index (χ2n) is 13.6. The van der Waals surface area contributed by atoms with Crippen molar-refractivity contribution < 1.29 is 29.0 Å². The number of allylic oxidation sites excluding steroid dienone is 4. The first-order chi connectivity index (χ1) is 22.3. The lowest BCUT2D eigenvalue weighted by molar-refractivity contribution is -0.152. The van der Waals surface area contributed by atoms with Crippen LogP contribution in [0.3, 0.4) is 0 Å². The highest BCUT2D eigenvalue weighted by Crippen LogP contribution is 2.15. The molecule has 0 aliphatic carbocycles. The number of ether oxygens (including phenoxy) is 2. The van der Waals surface area contributed by atoms with Crippen molar-refractivity contribution in [3.63, 3.8) is 0 Å². The Morgan fingerprint density at radius 3 is 1.48 bits per heavy atom. The summed E-state index contributed by atoms with van der Waals surface area (Å²) in [5.74, 6) is 0.421. The Kier molecular flexibility index (Phi) is 32.9. The molecule has 0 aromatic heterocycles. The van der Waals surface area contributed by atoms with Crippen molar-refractivity contribution in [1.29, 1.82) is 0 Å². The van der Waals surface area contributed by atoms with Crippen LogP contribution >= 0.6 is 0 Å². The quantitative estimate of drug-likeness (QED) is 0.0323. The summed E-state index contributed by atoms with van der Waals surface area (Å²) in [6, 6.07) is 0. The topological polar surface area (TPSA) is 89.9 Å². The minimum Gasteiger partial charge on any atom is -0.463 e. The van der Waals surface area contributed by atoms with Crippen molar-refractivity contribution in [1.82, 2.24) is 0 Å². The maximum Gasteiger partial charge on any atom is 0.305 e. The summed E-state index contributed by atoms with van der Waals surface area (Å²) >= 11 is 0. The summed E-state index contributed by atoms with van der Waals surface area (Å²) in [5, 5.41) is 10.00. The van der Waals surface area contributed by atoms with Crippen molar-refractivity contribution >= 4 is 17.7 Å². The van der Waals surface area contributed by atoms with Gasteiger partial charge < -0.3 is 14.6 Å². The number of carbonyl (C=O) groups excluding carboxylic acids is 3. The van der Waals surface area contributed by atoms with E-state index in [2.05, 4.69) is 26.8 Å². The third-order valence-corrected chi connectivity index (χ3v) is 8.34. The second kappa shape index (κ2) is 34.4. The molecule has 0 amide bonds. The number of ketones is 1. The Balaban J connectivity index is 3.49. The maximum atomic E-state index is 12.0. The van der Waals surface area contributed by atoms with E-state index in [1.165, 1.54) is 70.6 Å². The molecule has 0 spiro atoms. The Morgan fingerprint density at radius 2 is 1.00 bits per heavy atom. The van der Waals surface area contributed by atoms with Gasteiger partial charge in [-0.05, 0) is 44.1 Å². The molecule has 0 rings (SSSR count). The molecule has 0 fully saturated rings. The molecule has 0 aliphatic rings. The molecule has 0 aromatic rings. The van der Waals surface area contributed by atoms with Crippen LogP contribution in [0.4, 0.5) is 0 Å². The molecule has 6 nitrogen and oxygen atoms in total. The Hall–Kier alpha value is -1.95. The number of aliphatic hydroxyl groups is 1. The predicted molar refractivity (Wildman–Crippen MR) is 192 cm³/mol. The van der Waals surface area contributed by atoms with Gasteiger partial charge in [-0.15, -0.1) is 0 Å². The van der Waals surface area contributed by atoms with E-state index >= 15 is 0 Å². The standard InChI is InChI=1S/C40H72O6/c1-4-5-24-30-37(41)31-26-21-17-13-11-15-19-23-28-33-40(44)46-35-38(42)34-45-39(43)32-27-22-18-14-10-8-6-7-9-12-16-20-25-29-36(2)3/h17,21,26,31,36,38,42H,4-16,18-20,22-25,27-30,32-35H2,1-3H3/b21-17-,31-26+/t38-/m0/s1. The first-order valence-electron chi connectivity index (χ1n) is 19.2. The van der Waals surface area contributed by atoms with Gasteiger partial charge in [0.2, 0.25) is 0 Å². The minimum atomic E-state index is -0.986. The average molecular weight is 649 g/mol. The zero-order chi connectivity index (χ0) is 33.9. The van der Waals surface area contributed by atoms with Gasteiger partial charge in [0.1, 0.15) is 19.3 Å². The van der Waals surface area contributed by atoms with Crippen molar-refractivity contribution in [2.45, 2.75) is 194 Å². The number of hydrogen-bond donors (Lipinski definition) is 1. The van der Waals surface area contributed by atoms with Gasteiger partial charge in [0.15, 0.2) is 5.78 Å². The lowest BCUT2D eigenvalue weighted by Gasteiger charge is -2.12. The lowest BCUT2D eigenvalue weighted by atomic mass is 10.0. The van der Waals surface area contributed by atoms with Crippen LogP contribution < -0.4 is 0 Å². The maximum absolute atomic E-state index is 12.0. The molecule has 0 unspecified atom stereocenters. The zero-order valence-electron chi connectivity index (χ0n) is 30.3. The average Bonchev–Trinajstić information content (AvgIpc) is 3.03. The largest absolute Gasteiger partial charge is 0.463 e. The molecule has 0 radical (unpaired) electrons. The van der Waals surface area contributed by atoms with Crippen LogP contribution in [0.5, 0.6) is 0 Å². The SMILES string of the molecule is CCCCCC(=O)/C=C/C=C\CCCCCCCC(=O)OC[C@@H](O)COC(=O)CCCCCCCCCCCCCCCC(C)C. The first-order valence-corrected chi connectivity index (χ1v) is 19.2. The summed E-state index contributed by atoms with van der Waals surface area (Å²) in [5.41, 5.74) is 0. The van der Waals surface area contributed by atoms with E-state index in [0.29, 0.717) is 19.3 Å². The molecule has 268 valence electrons. The number of carbonyl (C=O) groups is 3. The molecular weight excluding hydrogens is 576 g/mol. The molecule has 0 heterocycles. The Labute approximate surface area is 283 Å². The third kappa shape index (κ3) is 34.9. The predicted octanol–water partition coefficient (Wildman–Crippen LogP) is 10.9. The highest BCUT2D eigenvalue weighted by Gasteiger charge is 2.12. The number of aliphatic hydroxyl groups excluding tert-OH is 1. The van der Waals surface area contributed by atoms with E-state index in [-0.39, 0.29) is 30.9 Å². The van der Waals surface area contributed by atoms with Gasteiger partial charge >= 0.3 is 11.9 Å². The molecule has 0 saturated carbocycles. The summed E-state index contributed by atoms with van der Waals surface area (Å²) in [4.78, 5) is 35.6. The van der Waals surface area contributed by atoms with E-state index in [9.17, 15) is 19.5 Å². The highest BCUT2D eigenvalue weighted by molar-refractivity contribution is 5.89. The van der Waals surface area contributed by atoms with Gasteiger partial charge in [-0.3, -0.25) is 14.4 Å². The summed E-state index contributed by atoms with van der Waals surface area (Å²) < 4.78 is 10.3. The van der Waals surface area contributed by atoms with Crippen molar-refractivity contribution in [2.24, 2.45) is 5.92 Å². The number of hydrogen-bond acceptors (Lipinski definition) is 6. The van der Waals surface area contributed by atoms with E-state index in [1.807, 2.05) is 12.2 Å². The van der Waals surface area contributed by atoms with E-state index in [1.54, 1.807) is 6.08 Å². The molecule has 6 heteroatoms. The van der Waals surface area contributed by atoms with Crippen molar-refractivity contribution in [3.05, 3.63) is 24.3 Å². The monoisotopic (exact) mass is 649 g/mol. The van der Waals surface area contributed by atoms with Gasteiger partial charge in [-0.2, -0.15) is 0 Å². The number of rotatable bonds is 34. The molecule has 0 aromatic carbocycles. The summed E-state index contributed by atoms with van der Waals surface area (Å²) in [6.07, 6.45) is 34.9. The molecule has 46 heavy (non-hydrogen) atoms. The smallest absolute Gasteiger partial charge is 0.305 e. The normalized spacial score (nSPS) is 12.4. The Bertz CT molecular complexity index is 772. The van der Waals surface area contributed by atoms with Crippen LogP contribution in [-0.2, 0) is 23.9 Å². The highest BCUT2D eigenvalue weighted by atomic mass is 16.6. The second-order valence-corrected chi connectivity index (χ2v) is 13.6. The van der Waals surface area contributed by atoms with Crippen LogP contribution in [0.15, 0.2) is 24.3 Å². The summed E-state index contributed by atoms with van der Waals surface area (Å²) in [7, 11) is 0. The third-order valence-electron chi connectivity index (χ3n) is 8.34. The van der Waals surface area contributed by atoms with Gasteiger partial charge in [0.25, 0.3) is 0 Å².